The number of ether oxygens (including phenoxy) is 1. The first-order valence-corrected chi connectivity index (χ1v) is 7.27. The van der Waals surface area contributed by atoms with Crippen LogP contribution in [0.25, 0.3) is 10.9 Å². The van der Waals surface area contributed by atoms with Gasteiger partial charge in [-0.25, -0.2) is 9.59 Å². The van der Waals surface area contributed by atoms with Gasteiger partial charge in [0.1, 0.15) is 11.3 Å². The zero-order chi connectivity index (χ0) is 17.9. The molecule has 0 aliphatic carbocycles. The quantitative estimate of drug-likeness (QED) is 0.638. The number of hydrogen-bond acceptors (Lipinski definition) is 4. The van der Waals surface area contributed by atoms with Crippen molar-refractivity contribution in [3.63, 3.8) is 0 Å². The van der Waals surface area contributed by atoms with E-state index >= 15 is 0 Å². The van der Waals surface area contributed by atoms with Crippen molar-refractivity contribution in [2.24, 2.45) is 0 Å². The van der Waals surface area contributed by atoms with Crippen molar-refractivity contribution in [3.8, 4) is 0 Å². The van der Waals surface area contributed by atoms with Gasteiger partial charge in [0.05, 0.1) is 6.67 Å². The van der Waals surface area contributed by atoms with Crippen molar-refractivity contribution in [3.05, 3.63) is 35.5 Å². The van der Waals surface area contributed by atoms with Gasteiger partial charge in [0.25, 0.3) is 5.91 Å². The maximum absolute atomic E-state index is 12.1. The van der Waals surface area contributed by atoms with E-state index in [0.717, 1.165) is 0 Å². The van der Waals surface area contributed by atoms with E-state index in [4.69, 9.17) is 9.84 Å². The number of aromatic carboxylic acids is 1. The maximum Gasteiger partial charge on any atom is 0.409 e. The Morgan fingerprint density at radius 3 is 2.50 bits per heavy atom. The Labute approximate surface area is 138 Å². The number of carbonyl (C=O) groups is 3. The van der Waals surface area contributed by atoms with Crippen LogP contribution in [0.5, 0.6) is 0 Å². The molecule has 2 rings (SSSR count). The first kappa shape index (κ1) is 17.3. The second kappa shape index (κ2) is 6.61. The molecule has 8 heteroatoms. The molecule has 2 amide bonds. The van der Waals surface area contributed by atoms with Crippen LogP contribution in [0.15, 0.2) is 24.3 Å². The van der Waals surface area contributed by atoms with Gasteiger partial charge in [-0.2, -0.15) is 0 Å². The molecule has 1 heterocycles. The fourth-order valence-electron chi connectivity index (χ4n) is 2.00. The monoisotopic (exact) mass is 333 g/mol. The number of nitrogens with one attached hydrogen (secondary N) is 3. The molecule has 0 bridgehead atoms. The summed E-state index contributed by atoms with van der Waals surface area (Å²) in [5.74, 6) is -1.47. The van der Waals surface area contributed by atoms with E-state index in [1.54, 1.807) is 39.0 Å². The summed E-state index contributed by atoms with van der Waals surface area (Å²) >= 11 is 0. The molecule has 0 atom stereocenters. The number of carbonyl (C=O) groups excluding carboxylic acids is 2. The summed E-state index contributed by atoms with van der Waals surface area (Å²) in [7, 11) is 0. The van der Waals surface area contributed by atoms with Gasteiger partial charge in [-0.1, -0.05) is 0 Å². The molecular weight excluding hydrogens is 314 g/mol. The van der Waals surface area contributed by atoms with Gasteiger partial charge in [0, 0.05) is 16.5 Å². The SMILES string of the molecule is CC(C)(C)OC(=O)NCNC(=O)c1ccc2[nH]c(C(=O)O)cc2c1. The molecule has 0 spiro atoms. The van der Waals surface area contributed by atoms with Crippen molar-refractivity contribution in [2.75, 3.05) is 6.67 Å². The topological polar surface area (TPSA) is 121 Å². The number of benzene rings is 1. The molecule has 0 aliphatic rings. The van der Waals surface area contributed by atoms with Gasteiger partial charge < -0.3 is 25.5 Å². The molecule has 0 fully saturated rings. The Hall–Kier alpha value is -3.03. The average Bonchev–Trinajstić information content (AvgIpc) is 2.88. The summed E-state index contributed by atoms with van der Waals surface area (Å²) in [6.45, 7) is 5.13. The molecule has 1 aromatic carbocycles. The summed E-state index contributed by atoms with van der Waals surface area (Å²) in [6, 6.07) is 6.21. The number of amides is 2. The van der Waals surface area contributed by atoms with Crippen LogP contribution in [0.4, 0.5) is 4.79 Å². The molecule has 2 aromatic rings. The lowest BCUT2D eigenvalue weighted by atomic mass is 10.1. The molecule has 8 nitrogen and oxygen atoms in total. The smallest absolute Gasteiger partial charge is 0.409 e. The predicted molar refractivity (Wildman–Crippen MR) is 87.0 cm³/mol. The molecule has 4 N–H and O–H groups in total. The van der Waals surface area contributed by atoms with Crippen LogP contribution in [0.2, 0.25) is 0 Å². The highest BCUT2D eigenvalue weighted by Gasteiger charge is 2.16. The fourth-order valence-corrected chi connectivity index (χ4v) is 2.00. The zero-order valence-corrected chi connectivity index (χ0v) is 13.6. The van der Waals surface area contributed by atoms with Gasteiger partial charge >= 0.3 is 12.1 Å². The Bertz CT molecular complexity index is 789. The molecule has 0 aliphatic heterocycles. The molecule has 0 saturated carbocycles. The number of fused-ring (bicyclic) bond motifs is 1. The van der Waals surface area contributed by atoms with Crippen LogP contribution in [-0.4, -0.2) is 40.3 Å². The standard InChI is InChI=1S/C16H19N3O5/c1-16(2,3)24-15(23)18-8-17-13(20)9-4-5-11-10(6-9)7-12(19-11)14(21)22/h4-7,19H,8H2,1-3H3,(H,17,20)(H,18,23)(H,21,22). The third-order valence-corrected chi connectivity index (χ3v) is 2.99. The summed E-state index contributed by atoms with van der Waals surface area (Å²) in [6.07, 6.45) is -0.630. The Morgan fingerprint density at radius 2 is 1.88 bits per heavy atom. The van der Waals surface area contributed by atoms with Gasteiger partial charge in [-0.05, 0) is 45.0 Å². The lowest BCUT2D eigenvalue weighted by Crippen LogP contribution is -2.40. The molecule has 24 heavy (non-hydrogen) atoms. The lowest BCUT2D eigenvalue weighted by molar-refractivity contribution is 0.0522. The number of H-pyrrole nitrogens is 1. The first-order chi connectivity index (χ1) is 11.2. The fraction of sp³-hybridized carbons (Fsp3) is 0.312. The minimum absolute atomic E-state index is 0.0501. The highest BCUT2D eigenvalue weighted by molar-refractivity contribution is 6.00. The van der Waals surface area contributed by atoms with Crippen LogP contribution < -0.4 is 10.6 Å². The first-order valence-electron chi connectivity index (χ1n) is 7.27. The number of hydrogen-bond donors (Lipinski definition) is 4. The third-order valence-electron chi connectivity index (χ3n) is 2.99. The van der Waals surface area contributed by atoms with Gasteiger partial charge in [0.2, 0.25) is 0 Å². The Morgan fingerprint density at radius 1 is 1.17 bits per heavy atom. The molecule has 0 saturated heterocycles. The van der Waals surface area contributed by atoms with Crippen LogP contribution >= 0.6 is 0 Å². The van der Waals surface area contributed by atoms with Crippen molar-refractivity contribution in [1.29, 1.82) is 0 Å². The predicted octanol–water partition coefficient (Wildman–Crippen LogP) is 2.08. The van der Waals surface area contributed by atoms with Crippen molar-refractivity contribution in [2.45, 2.75) is 26.4 Å². The van der Waals surface area contributed by atoms with Gasteiger partial charge in [0.15, 0.2) is 0 Å². The van der Waals surface area contributed by atoms with E-state index in [0.29, 0.717) is 16.5 Å². The molecule has 0 radical (unpaired) electrons. The highest BCUT2D eigenvalue weighted by atomic mass is 16.6. The van der Waals surface area contributed by atoms with E-state index in [-0.39, 0.29) is 12.4 Å². The number of carboxylic acid groups (broad SMARTS) is 1. The van der Waals surface area contributed by atoms with Gasteiger partial charge in [-0.3, -0.25) is 4.79 Å². The number of rotatable bonds is 4. The van der Waals surface area contributed by atoms with Crippen LogP contribution in [-0.2, 0) is 4.74 Å². The van der Waals surface area contributed by atoms with E-state index in [9.17, 15) is 14.4 Å². The molecule has 1 aromatic heterocycles. The van der Waals surface area contributed by atoms with Gasteiger partial charge in [-0.15, -0.1) is 0 Å². The second-order valence-electron chi connectivity index (χ2n) is 6.15. The van der Waals surface area contributed by atoms with Crippen molar-refractivity contribution >= 4 is 28.9 Å². The Balaban J connectivity index is 1.96. The van der Waals surface area contributed by atoms with E-state index in [2.05, 4.69) is 15.6 Å². The van der Waals surface area contributed by atoms with E-state index in [1.807, 2.05) is 0 Å². The van der Waals surface area contributed by atoms with E-state index in [1.165, 1.54) is 6.07 Å². The lowest BCUT2D eigenvalue weighted by Gasteiger charge is -2.19. The molecule has 128 valence electrons. The summed E-state index contributed by atoms with van der Waals surface area (Å²) in [5, 5.41) is 14.5. The number of alkyl carbamates (subject to hydrolysis) is 1. The molecule has 0 unspecified atom stereocenters. The Kier molecular flexibility index (Phi) is 4.77. The maximum atomic E-state index is 12.1. The number of aromatic amines is 1. The highest BCUT2D eigenvalue weighted by Crippen LogP contribution is 2.17. The third kappa shape index (κ3) is 4.48. The van der Waals surface area contributed by atoms with Crippen LogP contribution in [0.1, 0.15) is 41.6 Å². The zero-order valence-electron chi connectivity index (χ0n) is 13.6. The van der Waals surface area contributed by atoms with E-state index < -0.39 is 23.6 Å². The van der Waals surface area contributed by atoms with Crippen LogP contribution in [0.3, 0.4) is 0 Å². The summed E-state index contributed by atoms with van der Waals surface area (Å²) in [5.41, 5.74) is 0.407. The number of carboxylic acids is 1. The summed E-state index contributed by atoms with van der Waals surface area (Å²) < 4.78 is 5.05. The largest absolute Gasteiger partial charge is 0.477 e. The van der Waals surface area contributed by atoms with Crippen molar-refractivity contribution in [1.82, 2.24) is 15.6 Å². The summed E-state index contributed by atoms with van der Waals surface area (Å²) in [4.78, 5) is 37.2. The van der Waals surface area contributed by atoms with Crippen LogP contribution in [0, 0.1) is 0 Å². The minimum atomic E-state index is -1.07. The van der Waals surface area contributed by atoms with Crippen molar-refractivity contribution < 1.29 is 24.2 Å². The average molecular weight is 333 g/mol. The molecular formula is C16H19N3O5. The second-order valence-corrected chi connectivity index (χ2v) is 6.15. The number of aromatic nitrogens is 1. The normalized spacial score (nSPS) is 11.1. The minimum Gasteiger partial charge on any atom is -0.477 e.